The van der Waals surface area contributed by atoms with Gasteiger partial charge in [-0.05, 0) is 42.2 Å². The Bertz CT molecular complexity index is 897. The molecule has 0 bridgehead atoms. The lowest BCUT2D eigenvalue weighted by molar-refractivity contribution is -0.117. The van der Waals surface area contributed by atoms with Gasteiger partial charge in [-0.2, -0.15) is 0 Å². The van der Waals surface area contributed by atoms with Gasteiger partial charge in [-0.15, -0.1) is 0 Å². The molecule has 6 heteroatoms. The van der Waals surface area contributed by atoms with Gasteiger partial charge in [0.15, 0.2) is 0 Å². The van der Waals surface area contributed by atoms with E-state index in [4.69, 9.17) is 0 Å². The molecule has 0 unspecified atom stereocenters. The molecule has 2 heterocycles. The Balaban J connectivity index is 1.49. The molecular weight excluding hydrogens is 280 g/mol. The lowest BCUT2D eigenvalue weighted by Crippen LogP contribution is -2.14. The summed E-state index contributed by atoms with van der Waals surface area (Å²) in [5.74, 6) is 0.251. The van der Waals surface area contributed by atoms with Crippen LogP contribution in [-0.4, -0.2) is 20.9 Å². The molecule has 6 nitrogen and oxygen atoms in total. The number of amides is 1. The highest BCUT2D eigenvalue weighted by Crippen LogP contribution is 2.47. The summed E-state index contributed by atoms with van der Waals surface area (Å²) >= 11 is 0. The van der Waals surface area contributed by atoms with Crippen molar-refractivity contribution < 1.29 is 4.79 Å². The highest BCUT2D eigenvalue weighted by atomic mass is 16.2. The molecule has 2 aromatic heterocycles. The van der Waals surface area contributed by atoms with Gasteiger partial charge in [0.25, 0.3) is 0 Å². The highest BCUT2D eigenvalue weighted by molar-refractivity contribution is 5.96. The molecule has 0 radical (unpaired) electrons. The number of fused-ring (bicyclic) bond motifs is 1. The van der Waals surface area contributed by atoms with Crippen LogP contribution in [-0.2, 0) is 4.79 Å². The van der Waals surface area contributed by atoms with E-state index in [1.54, 1.807) is 24.4 Å². The molecule has 1 aromatic carbocycles. The molecule has 1 aliphatic carbocycles. The number of benzene rings is 1. The number of hydrogen-bond donors (Lipinski definition) is 3. The number of anilines is 1. The van der Waals surface area contributed by atoms with Gasteiger partial charge in [0.05, 0.1) is 11.0 Å². The Hall–Kier alpha value is -2.89. The summed E-state index contributed by atoms with van der Waals surface area (Å²) in [6, 6.07) is 9.20. The second-order valence-corrected chi connectivity index (χ2v) is 5.56. The Morgan fingerprint density at radius 1 is 1.23 bits per heavy atom. The van der Waals surface area contributed by atoms with Crippen molar-refractivity contribution in [2.75, 3.05) is 5.32 Å². The quantitative estimate of drug-likeness (QED) is 0.690. The van der Waals surface area contributed by atoms with E-state index in [0.29, 0.717) is 11.2 Å². The molecule has 22 heavy (non-hydrogen) atoms. The van der Waals surface area contributed by atoms with Crippen molar-refractivity contribution in [3.8, 4) is 0 Å². The van der Waals surface area contributed by atoms with Crippen LogP contribution in [0.1, 0.15) is 17.9 Å². The van der Waals surface area contributed by atoms with E-state index in [9.17, 15) is 9.59 Å². The fourth-order valence-corrected chi connectivity index (χ4v) is 2.79. The number of imidazole rings is 1. The lowest BCUT2D eigenvalue weighted by atomic mass is 10.1. The van der Waals surface area contributed by atoms with Gasteiger partial charge in [0, 0.05) is 24.0 Å². The summed E-state index contributed by atoms with van der Waals surface area (Å²) in [6.07, 6.45) is 4.39. The third-order valence-corrected chi connectivity index (χ3v) is 4.02. The van der Waals surface area contributed by atoms with Gasteiger partial charge in [-0.25, -0.2) is 4.79 Å². The molecule has 1 aliphatic rings. The normalized spacial score (nSPS) is 20.0. The van der Waals surface area contributed by atoms with E-state index in [2.05, 4.69) is 20.3 Å². The van der Waals surface area contributed by atoms with Crippen LogP contribution in [0.5, 0.6) is 0 Å². The number of carbonyl (C=O) groups excluding carboxylic acids is 1. The van der Waals surface area contributed by atoms with Crippen LogP contribution in [0.2, 0.25) is 0 Å². The first-order valence-corrected chi connectivity index (χ1v) is 7.13. The van der Waals surface area contributed by atoms with Crippen molar-refractivity contribution in [1.29, 1.82) is 0 Å². The maximum absolute atomic E-state index is 12.3. The molecule has 3 N–H and O–H groups in total. The van der Waals surface area contributed by atoms with E-state index in [0.717, 1.165) is 17.5 Å². The predicted molar refractivity (Wildman–Crippen MR) is 82.6 cm³/mol. The second-order valence-electron chi connectivity index (χ2n) is 5.56. The topological polar surface area (TPSA) is 90.6 Å². The van der Waals surface area contributed by atoms with E-state index >= 15 is 0 Å². The first kappa shape index (κ1) is 12.8. The largest absolute Gasteiger partial charge is 0.326 e. The van der Waals surface area contributed by atoms with E-state index in [1.807, 2.05) is 18.3 Å². The molecule has 110 valence electrons. The van der Waals surface area contributed by atoms with Gasteiger partial charge in [-0.1, -0.05) is 6.07 Å². The van der Waals surface area contributed by atoms with Crippen LogP contribution in [0, 0.1) is 5.92 Å². The lowest BCUT2D eigenvalue weighted by Gasteiger charge is -2.05. The van der Waals surface area contributed by atoms with Crippen molar-refractivity contribution in [3.63, 3.8) is 0 Å². The number of H-pyrrole nitrogens is 2. The maximum atomic E-state index is 12.3. The fraction of sp³-hybridized carbons (Fsp3) is 0.188. The summed E-state index contributed by atoms with van der Waals surface area (Å²) in [5, 5.41) is 2.91. The van der Waals surface area contributed by atoms with Crippen LogP contribution < -0.4 is 11.0 Å². The first-order chi connectivity index (χ1) is 10.7. The van der Waals surface area contributed by atoms with Crippen LogP contribution in [0.3, 0.4) is 0 Å². The van der Waals surface area contributed by atoms with Crippen molar-refractivity contribution in [1.82, 2.24) is 15.0 Å². The minimum absolute atomic E-state index is 0.00563. The highest BCUT2D eigenvalue weighted by Gasteiger charge is 2.44. The molecule has 0 aliphatic heterocycles. The van der Waals surface area contributed by atoms with Crippen LogP contribution >= 0.6 is 0 Å². The average molecular weight is 294 g/mol. The Labute approximate surface area is 125 Å². The number of aromatic nitrogens is 3. The summed E-state index contributed by atoms with van der Waals surface area (Å²) in [4.78, 5) is 33.0. The van der Waals surface area contributed by atoms with Gasteiger partial charge in [0.2, 0.25) is 5.91 Å². The van der Waals surface area contributed by atoms with Gasteiger partial charge < -0.3 is 15.3 Å². The number of rotatable bonds is 3. The standard InChI is InChI=1S/C16H14N4O2/c21-15(12-7-11(12)9-2-1-5-17-8-9)18-10-3-4-13-14(6-10)20-16(22)19-13/h1-6,8,11-12H,7H2,(H,18,21)(H2,19,20,22)/t11-,12+/m0/s1. The molecule has 0 spiro atoms. The molecule has 2 atom stereocenters. The zero-order valence-electron chi connectivity index (χ0n) is 11.7. The fourth-order valence-electron chi connectivity index (χ4n) is 2.79. The van der Waals surface area contributed by atoms with Gasteiger partial charge in [0.1, 0.15) is 0 Å². The maximum Gasteiger partial charge on any atom is 0.323 e. The first-order valence-electron chi connectivity index (χ1n) is 7.13. The SMILES string of the molecule is O=C(Nc1ccc2[nH]c(=O)[nH]c2c1)[C@@H]1C[C@H]1c1cccnc1. The van der Waals surface area contributed by atoms with Crippen LogP contribution in [0.15, 0.2) is 47.5 Å². The Morgan fingerprint density at radius 2 is 2.09 bits per heavy atom. The minimum atomic E-state index is -0.252. The van der Waals surface area contributed by atoms with Gasteiger partial charge >= 0.3 is 5.69 Å². The smallest absolute Gasteiger partial charge is 0.323 e. The van der Waals surface area contributed by atoms with Crippen molar-refractivity contribution in [2.45, 2.75) is 12.3 Å². The number of carbonyl (C=O) groups is 1. The monoisotopic (exact) mass is 294 g/mol. The van der Waals surface area contributed by atoms with Crippen molar-refractivity contribution in [2.24, 2.45) is 5.92 Å². The Kier molecular flexibility index (Phi) is 2.82. The zero-order valence-corrected chi connectivity index (χ0v) is 11.7. The molecule has 1 saturated carbocycles. The number of pyridine rings is 1. The molecule has 4 rings (SSSR count). The van der Waals surface area contributed by atoms with Crippen LogP contribution in [0.4, 0.5) is 5.69 Å². The second kappa shape index (κ2) is 4.84. The summed E-state index contributed by atoms with van der Waals surface area (Å²) in [6.45, 7) is 0. The summed E-state index contributed by atoms with van der Waals surface area (Å²) in [5.41, 5.74) is 2.94. The van der Waals surface area contributed by atoms with E-state index in [1.165, 1.54) is 0 Å². The third-order valence-electron chi connectivity index (χ3n) is 4.02. The van der Waals surface area contributed by atoms with E-state index < -0.39 is 0 Å². The summed E-state index contributed by atoms with van der Waals surface area (Å²) < 4.78 is 0. The molecule has 1 fully saturated rings. The predicted octanol–water partition coefficient (Wildman–Crippen LogP) is 1.99. The number of nitrogens with one attached hydrogen (secondary N) is 3. The molecule has 1 amide bonds. The van der Waals surface area contributed by atoms with E-state index in [-0.39, 0.29) is 23.4 Å². The number of aromatic amines is 2. The number of hydrogen-bond acceptors (Lipinski definition) is 3. The van der Waals surface area contributed by atoms with Crippen molar-refractivity contribution in [3.05, 3.63) is 58.8 Å². The summed E-state index contributed by atoms with van der Waals surface area (Å²) in [7, 11) is 0. The zero-order chi connectivity index (χ0) is 15.1. The third kappa shape index (κ3) is 2.28. The van der Waals surface area contributed by atoms with Gasteiger partial charge in [-0.3, -0.25) is 9.78 Å². The van der Waals surface area contributed by atoms with Crippen molar-refractivity contribution >= 4 is 22.6 Å². The minimum Gasteiger partial charge on any atom is -0.326 e. The molecule has 0 saturated heterocycles. The Morgan fingerprint density at radius 3 is 2.91 bits per heavy atom. The van der Waals surface area contributed by atoms with Crippen LogP contribution in [0.25, 0.3) is 11.0 Å². The molecule has 3 aromatic rings. The molecular formula is C16H14N4O2. The number of nitrogens with zero attached hydrogens (tertiary/aromatic N) is 1. The average Bonchev–Trinajstić information content (AvgIpc) is 3.24.